The third kappa shape index (κ3) is 22.4. The second-order valence-corrected chi connectivity index (χ2v) is 11.3. The lowest BCUT2D eigenvalue weighted by molar-refractivity contribution is -0.0769. The summed E-state index contributed by atoms with van der Waals surface area (Å²) >= 11 is 2.17. The van der Waals surface area contributed by atoms with Crippen molar-refractivity contribution >= 4 is 34.8 Å². The molecule has 0 aromatic heterocycles. The van der Waals surface area contributed by atoms with Crippen molar-refractivity contribution in [3.05, 3.63) is 0 Å². The topological polar surface area (TPSA) is 85.9 Å². The highest BCUT2D eigenvalue weighted by atomic mass is 127. The number of carbonyl (C=O) groups excluding carboxylic acids is 2. The first kappa shape index (κ1) is 35.2. The molecule has 2 N–H and O–H groups in total. The molecule has 0 radical (unpaired) electrons. The molecule has 214 valence electrons. The number of halogens is 1. The van der Waals surface area contributed by atoms with E-state index in [1.165, 1.54) is 97.0 Å². The van der Waals surface area contributed by atoms with Gasteiger partial charge in [-0.05, 0) is 20.3 Å². The maximum Gasteiger partial charge on any atom is 0.407 e. The molecule has 0 fully saturated rings. The third-order valence-corrected chi connectivity index (χ3v) is 7.02. The minimum Gasteiger partial charge on any atom is -0.446 e. The zero-order chi connectivity index (χ0) is 26.9. The Hall–Kier alpha value is -0.770. The first-order valence-electron chi connectivity index (χ1n) is 14.3. The van der Waals surface area contributed by atoms with Gasteiger partial charge >= 0.3 is 12.2 Å². The summed E-state index contributed by atoms with van der Waals surface area (Å²) in [7, 11) is 1.51. The smallest absolute Gasteiger partial charge is 0.407 e. The largest absolute Gasteiger partial charge is 0.446 e. The van der Waals surface area contributed by atoms with Gasteiger partial charge in [0.25, 0.3) is 0 Å². The first-order valence-corrected chi connectivity index (χ1v) is 15.8. The molecule has 0 bridgehead atoms. The minimum atomic E-state index is -0.892. The van der Waals surface area contributed by atoms with Crippen LogP contribution in [0.1, 0.15) is 124 Å². The molecule has 2 unspecified atom stereocenters. The van der Waals surface area contributed by atoms with E-state index in [9.17, 15) is 9.59 Å². The van der Waals surface area contributed by atoms with Crippen LogP contribution in [-0.2, 0) is 14.2 Å². The molecule has 0 aliphatic rings. The maximum absolute atomic E-state index is 12.1. The van der Waals surface area contributed by atoms with E-state index in [0.717, 1.165) is 17.3 Å². The van der Waals surface area contributed by atoms with E-state index < -0.39 is 17.8 Å². The van der Waals surface area contributed by atoms with Gasteiger partial charge in [-0.3, -0.25) is 0 Å². The van der Waals surface area contributed by atoms with Crippen molar-refractivity contribution in [1.29, 1.82) is 0 Å². The van der Waals surface area contributed by atoms with E-state index in [-0.39, 0.29) is 19.3 Å². The Morgan fingerprint density at radius 2 is 1.22 bits per heavy atom. The fourth-order valence-electron chi connectivity index (χ4n) is 3.93. The van der Waals surface area contributed by atoms with E-state index in [1.807, 2.05) is 6.92 Å². The number of methoxy groups -OCH3 is 1. The van der Waals surface area contributed by atoms with Crippen molar-refractivity contribution in [3.63, 3.8) is 0 Å². The van der Waals surface area contributed by atoms with Gasteiger partial charge in [0.1, 0.15) is 18.8 Å². The normalized spacial score (nSPS) is 13.6. The molecule has 2 amide bonds. The van der Waals surface area contributed by atoms with Crippen LogP contribution >= 0.6 is 22.6 Å². The van der Waals surface area contributed by atoms with Crippen LogP contribution in [0.3, 0.4) is 0 Å². The van der Waals surface area contributed by atoms with Crippen LogP contribution in [0.2, 0.25) is 0 Å². The van der Waals surface area contributed by atoms with Crippen LogP contribution in [-0.4, -0.2) is 55.1 Å². The summed E-state index contributed by atoms with van der Waals surface area (Å²) in [4.78, 5) is 23.8. The van der Waals surface area contributed by atoms with Crippen molar-refractivity contribution in [3.8, 4) is 0 Å². The Morgan fingerprint density at radius 3 is 1.67 bits per heavy atom. The molecular weight excluding hydrogens is 571 g/mol. The van der Waals surface area contributed by atoms with Crippen LogP contribution < -0.4 is 10.6 Å². The summed E-state index contributed by atoms with van der Waals surface area (Å²) in [6, 6.07) is 0.0589. The summed E-state index contributed by atoms with van der Waals surface area (Å²) in [5.74, 6) is 0. The fraction of sp³-hybridized carbons (Fsp3) is 0.929. The van der Waals surface area contributed by atoms with Crippen LogP contribution in [0.15, 0.2) is 0 Å². The summed E-state index contributed by atoms with van der Waals surface area (Å²) in [5, 5.41) is 5.51. The van der Waals surface area contributed by atoms with Crippen LogP contribution in [0.5, 0.6) is 0 Å². The molecule has 0 aliphatic heterocycles. The molecule has 0 aromatic rings. The highest BCUT2D eigenvalue weighted by Gasteiger charge is 2.28. The van der Waals surface area contributed by atoms with Gasteiger partial charge in [0, 0.05) is 24.1 Å². The molecule has 8 heteroatoms. The molecule has 0 aliphatic carbocycles. The quantitative estimate of drug-likeness (QED) is 0.0646. The Labute approximate surface area is 235 Å². The third-order valence-electron chi connectivity index (χ3n) is 6.48. The van der Waals surface area contributed by atoms with Gasteiger partial charge in [-0.2, -0.15) is 0 Å². The molecule has 0 saturated heterocycles. The highest BCUT2D eigenvalue weighted by molar-refractivity contribution is 14.1. The molecule has 36 heavy (non-hydrogen) atoms. The average Bonchev–Trinajstić information content (AvgIpc) is 2.87. The molecule has 0 rings (SSSR count). The van der Waals surface area contributed by atoms with Crippen molar-refractivity contribution in [2.75, 3.05) is 31.3 Å². The number of alkyl halides is 1. The van der Waals surface area contributed by atoms with Crippen molar-refractivity contribution in [2.24, 2.45) is 0 Å². The number of amides is 2. The fourth-order valence-corrected chi connectivity index (χ4v) is 4.20. The zero-order valence-electron chi connectivity index (χ0n) is 23.6. The van der Waals surface area contributed by atoms with Crippen molar-refractivity contribution in [1.82, 2.24) is 10.6 Å². The lowest BCUT2D eigenvalue weighted by atomic mass is 10.0. The second-order valence-electron chi connectivity index (χ2n) is 10.2. The van der Waals surface area contributed by atoms with Gasteiger partial charge in [0.05, 0.1) is 0 Å². The van der Waals surface area contributed by atoms with Crippen LogP contribution in [0, 0.1) is 0 Å². The molecule has 0 saturated carbocycles. The predicted molar refractivity (Wildman–Crippen MR) is 157 cm³/mol. The van der Waals surface area contributed by atoms with E-state index in [0.29, 0.717) is 6.54 Å². The Morgan fingerprint density at radius 1 is 0.778 bits per heavy atom. The summed E-state index contributed by atoms with van der Waals surface area (Å²) in [6.07, 6.45) is 20.2. The molecule has 0 heterocycles. The molecule has 0 spiro atoms. The van der Waals surface area contributed by atoms with Crippen LogP contribution in [0.25, 0.3) is 0 Å². The maximum atomic E-state index is 12.1. The van der Waals surface area contributed by atoms with Crippen LogP contribution in [0.4, 0.5) is 9.59 Å². The van der Waals surface area contributed by atoms with Gasteiger partial charge in [0.2, 0.25) is 0 Å². The summed E-state index contributed by atoms with van der Waals surface area (Å²) in [5.41, 5.74) is -0.892. The standard InChI is InChI=1S/C28H55IN2O5/c1-5-6-7-8-9-10-11-12-13-14-15-16-17-18-19-20-25(2)31-27(33)36-24-28(3,34-4)23-35-26(32)30-22-21-29/h25H,5-24H2,1-4H3,(H,30,32)(H,31,33). The lowest BCUT2D eigenvalue weighted by Gasteiger charge is -2.27. The van der Waals surface area contributed by atoms with Crippen molar-refractivity contribution < 1.29 is 23.8 Å². The number of unbranched alkanes of at least 4 members (excludes halogenated alkanes) is 14. The zero-order valence-corrected chi connectivity index (χ0v) is 25.8. The summed E-state index contributed by atoms with van der Waals surface area (Å²) in [6.45, 7) is 6.56. The van der Waals surface area contributed by atoms with E-state index in [2.05, 4.69) is 40.1 Å². The van der Waals surface area contributed by atoms with Gasteiger partial charge in [-0.25, -0.2) is 9.59 Å². The second kappa shape index (κ2) is 24.6. The van der Waals surface area contributed by atoms with E-state index in [1.54, 1.807) is 6.92 Å². The van der Waals surface area contributed by atoms with Gasteiger partial charge < -0.3 is 24.8 Å². The first-order chi connectivity index (χ1) is 17.4. The van der Waals surface area contributed by atoms with E-state index in [4.69, 9.17) is 14.2 Å². The Kier molecular flexibility index (Phi) is 24.0. The number of rotatable bonds is 24. The SMILES string of the molecule is CCCCCCCCCCCCCCCCCC(C)NC(=O)OCC(C)(COC(=O)NCCI)OC. The van der Waals surface area contributed by atoms with Gasteiger partial charge in [0.15, 0.2) is 0 Å². The summed E-state index contributed by atoms with van der Waals surface area (Å²) < 4.78 is 16.7. The average molecular weight is 627 g/mol. The Balaban J connectivity index is 3.68. The van der Waals surface area contributed by atoms with Crippen molar-refractivity contribution in [2.45, 2.75) is 135 Å². The highest BCUT2D eigenvalue weighted by Crippen LogP contribution is 2.14. The molecule has 2 atom stereocenters. The number of hydrogen-bond acceptors (Lipinski definition) is 5. The molecular formula is C28H55IN2O5. The number of hydrogen-bond donors (Lipinski definition) is 2. The molecule has 7 nitrogen and oxygen atoms in total. The predicted octanol–water partition coefficient (Wildman–Crippen LogP) is 7.93. The number of carbonyl (C=O) groups is 2. The minimum absolute atomic E-state index is 0.000572. The van der Waals surface area contributed by atoms with Gasteiger partial charge in [-0.15, -0.1) is 0 Å². The van der Waals surface area contributed by atoms with Gasteiger partial charge in [-0.1, -0.05) is 126 Å². The van der Waals surface area contributed by atoms with E-state index >= 15 is 0 Å². The lowest BCUT2D eigenvalue weighted by Crippen LogP contribution is -2.43. The number of nitrogens with one attached hydrogen (secondary N) is 2. The number of ether oxygens (including phenoxy) is 3. The monoisotopic (exact) mass is 626 g/mol. The number of alkyl carbamates (subject to hydrolysis) is 2. The Bertz CT molecular complexity index is 538. The molecule has 0 aromatic carbocycles.